The monoisotopic (exact) mass is 316 g/mol. The molecule has 0 aromatic heterocycles. The number of fused-ring (bicyclic) bond motifs is 2. The zero-order chi connectivity index (χ0) is 16.9. The molecule has 1 aromatic rings. The number of phenols is 1. The van der Waals surface area contributed by atoms with Crippen LogP contribution in [0.5, 0.6) is 5.75 Å². The minimum Gasteiger partial charge on any atom is -0.508 e. The Morgan fingerprint density at radius 3 is 2.43 bits per heavy atom. The second-order valence-corrected chi connectivity index (χ2v) is 6.96. The van der Waals surface area contributed by atoms with Crippen molar-refractivity contribution in [3.8, 4) is 5.75 Å². The molecule has 6 nitrogen and oxygen atoms in total. The number of aromatic hydroxyl groups is 1. The lowest BCUT2D eigenvalue weighted by atomic mass is 9.66. The zero-order valence-corrected chi connectivity index (χ0v) is 13.4. The first-order valence-electron chi connectivity index (χ1n) is 7.59. The molecule has 1 amide bonds. The van der Waals surface area contributed by atoms with Gasteiger partial charge in [-0.15, -0.1) is 0 Å². The Bertz CT molecular complexity index is 695. The molecule has 23 heavy (non-hydrogen) atoms. The number of rotatable bonds is 3. The molecule has 0 spiro atoms. The Morgan fingerprint density at radius 1 is 1.26 bits per heavy atom. The van der Waals surface area contributed by atoms with Gasteiger partial charge in [-0.1, -0.05) is 13.8 Å². The number of hydrogen-bond acceptors (Lipinski definition) is 5. The quantitative estimate of drug-likeness (QED) is 0.507. The van der Waals surface area contributed by atoms with E-state index in [9.17, 15) is 14.7 Å². The van der Waals surface area contributed by atoms with Gasteiger partial charge in [0, 0.05) is 5.41 Å². The third-order valence-corrected chi connectivity index (χ3v) is 5.72. The Hall–Kier alpha value is -2.37. The second kappa shape index (κ2) is 4.81. The van der Waals surface area contributed by atoms with Crippen molar-refractivity contribution in [1.29, 1.82) is 0 Å². The Morgan fingerprint density at radius 2 is 1.91 bits per heavy atom. The van der Waals surface area contributed by atoms with E-state index in [1.165, 1.54) is 18.3 Å². The van der Waals surface area contributed by atoms with Gasteiger partial charge in [0.25, 0.3) is 5.91 Å². The van der Waals surface area contributed by atoms with Gasteiger partial charge in [0.15, 0.2) is 5.60 Å². The average Bonchev–Trinajstić information content (AvgIpc) is 2.79. The summed E-state index contributed by atoms with van der Waals surface area (Å²) >= 11 is 0. The first-order chi connectivity index (χ1) is 10.7. The highest BCUT2D eigenvalue weighted by molar-refractivity contribution is 5.96. The summed E-state index contributed by atoms with van der Waals surface area (Å²) in [4.78, 5) is 24.8. The number of carbonyl (C=O) groups is 2. The van der Waals surface area contributed by atoms with E-state index in [4.69, 9.17) is 4.74 Å². The third-order valence-electron chi connectivity index (χ3n) is 5.72. The van der Waals surface area contributed by atoms with Crippen LogP contribution in [0.15, 0.2) is 29.4 Å². The molecule has 1 aliphatic carbocycles. The average molecular weight is 316 g/mol. The van der Waals surface area contributed by atoms with Gasteiger partial charge in [0.1, 0.15) is 5.75 Å². The van der Waals surface area contributed by atoms with E-state index in [-0.39, 0.29) is 11.7 Å². The van der Waals surface area contributed by atoms with Crippen LogP contribution in [-0.4, -0.2) is 28.8 Å². The van der Waals surface area contributed by atoms with Crippen LogP contribution in [0.25, 0.3) is 0 Å². The maximum Gasteiger partial charge on any atom is 0.313 e. The molecule has 2 atom stereocenters. The fourth-order valence-electron chi connectivity index (χ4n) is 3.56. The summed E-state index contributed by atoms with van der Waals surface area (Å²) < 4.78 is 5.49. The summed E-state index contributed by atoms with van der Waals surface area (Å²) in [5.41, 5.74) is 0.842. The minimum absolute atomic E-state index is 0.162. The summed E-state index contributed by atoms with van der Waals surface area (Å²) in [6.45, 7) is 5.65. The van der Waals surface area contributed by atoms with Gasteiger partial charge in [-0.3, -0.25) is 9.59 Å². The van der Waals surface area contributed by atoms with Gasteiger partial charge in [-0.25, -0.2) is 5.43 Å². The largest absolute Gasteiger partial charge is 0.508 e. The molecule has 3 rings (SSSR count). The van der Waals surface area contributed by atoms with E-state index in [0.717, 1.165) is 5.56 Å². The predicted molar refractivity (Wildman–Crippen MR) is 83.8 cm³/mol. The summed E-state index contributed by atoms with van der Waals surface area (Å²) in [6, 6.07) is 6.42. The molecule has 2 fully saturated rings. The number of ether oxygens (including phenoxy) is 1. The maximum absolute atomic E-state index is 12.6. The van der Waals surface area contributed by atoms with Crippen molar-refractivity contribution in [3.05, 3.63) is 29.8 Å². The van der Waals surface area contributed by atoms with E-state index >= 15 is 0 Å². The smallest absolute Gasteiger partial charge is 0.313 e. The molecule has 122 valence electrons. The summed E-state index contributed by atoms with van der Waals surface area (Å²) in [5.74, 6) is -0.548. The molecule has 2 bridgehead atoms. The maximum atomic E-state index is 12.6. The van der Waals surface area contributed by atoms with Crippen LogP contribution in [-0.2, 0) is 14.3 Å². The molecule has 6 heteroatoms. The van der Waals surface area contributed by atoms with Crippen molar-refractivity contribution < 1.29 is 19.4 Å². The molecule has 1 aromatic carbocycles. The highest BCUT2D eigenvalue weighted by Gasteiger charge is 2.75. The van der Waals surface area contributed by atoms with Crippen LogP contribution < -0.4 is 5.43 Å². The number of amides is 1. The molecule has 1 saturated carbocycles. The molecule has 2 aliphatic rings. The molecular weight excluding hydrogens is 296 g/mol. The van der Waals surface area contributed by atoms with Crippen LogP contribution >= 0.6 is 0 Å². The van der Waals surface area contributed by atoms with Gasteiger partial charge in [-0.2, -0.15) is 5.10 Å². The zero-order valence-electron chi connectivity index (χ0n) is 13.4. The van der Waals surface area contributed by atoms with Gasteiger partial charge in [-0.05, 0) is 49.6 Å². The fourth-order valence-corrected chi connectivity index (χ4v) is 3.56. The lowest BCUT2D eigenvalue weighted by Gasteiger charge is -2.34. The number of esters is 1. The molecule has 0 radical (unpaired) electrons. The lowest BCUT2D eigenvalue weighted by Crippen LogP contribution is -2.52. The molecule has 0 unspecified atom stereocenters. The Labute approximate surface area is 134 Å². The minimum atomic E-state index is -1.16. The lowest BCUT2D eigenvalue weighted by molar-refractivity contribution is -0.168. The van der Waals surface area contributed by atoms with E-state index < -0.39 is 22.3 Å². The number of carbonyl (C=O) groups excluding carboxylic acids is 2. The van der Waals surface area contributed by atoms with E-state index in [1.807, 2.05) is 20.8 Å². The van der Waals surface area contributed by atoms with E-state index in [0.29, 0.717) is 12.8 Å². The van der Waals surface area contributed by atoms with Crippen LogP contribution in [0.3, 0.4) is 0 Å². The van der Waals surface area contributed by atoms with Crippen LogP contribution in [0, 0.1) is 10.8 Å². The second-order valence-electron chi connectivity index (χ2n) is 6.96. The van der Waals surface area contributed by atoms with E-state index in [1.54, 1.807) is 12.1 Å². The number of phenolic OH excluding ortho intramolecular Hbond substituents is 1. The number of hydrogen-bond donors (Lipinski definition) is 2. The Kier molecular flexibility index (Phi) is 3.25. The van der Waals surface area contributed by atoms with Crippen LogP contribution in [0.4, 0.5) is 0 Å². The predicted octanol–water partition coefficient (Wildman–Crippen LogP) is 1.96. The van der Waals surface area contributed by atoms with Gasteiger partial charge in [0.2, 0.25) is 0 Å². The van der Waals surface area contributed by atoms with Crippen molar-refractivity contribution in [2.75, 3.05) is 0 Å². The Balaban J connectivity index is 1.76. The summed E-state index contributed by atoms with van der Waals surface area (Å²) in [6.07, 6.45) is 2.61. The van der Waals surface area contributed by atoms with Crippen molar-refractivity contribution in [1.82, 2.24) is 5.43 Å². The molecule has 1 saturated heterocycles. The van der Waals surface area contributed by atoms with Crippen molar-refractivity contribution in [2.24, 2.45) is 15.9 Å². The van der Waals surface area contributed by atoms with Gasteiger partial charge >= 0.3 is 5.97 Å². The number of nitrogens with one attached hydrogen (secondary N) is 1. The fraction of sp³-hybridized carbons (Fsp3) is 0.471. The third kappa shape index (κ3) is 1.97. The van der Waals surface area contributed by atoms with Crippen molar-refractivity contribution in [3.63, 3.8) is 0 Å². The first-order valence-corrected chi connectivity index (χ1v) is 7.59. The standard InChI is InChI=1S/C17H20N2O4/c1-15(2)16(3)8-9-17(15,23-14(16)22)13(21)19-18-10-11-4-6-12(20)7-5-11/h4-7,10,20H,8-9H2,1-3H3,(H,19,21)/b18-10-/t16-,17-/m0/s1. The van der Waals surface area contributed by atoms with Gasteiger partial charge < -0.3 is 9.84 Å². The molecule has 1 aliphatic heterocycles. The SMILES string of the molecule is CC1(C)[C@@]2(C)CC[C@@]1(C(=O)N/N=C\c1ccc(O)cc1)OC2=O. The van der Waals surface area contributed by atoms with Crippen LogP contribution in [0.2, 0.25) is 0 Å². The highest BCUT2D eigenvalue weighted by Crippen LogP contribution is 2.65. The van der Waals surface area contributed by atoms with Crippen molar-refractivity contribution in [2.45, 2.75) is 39.2 Å². The topological polar surface area (TPSA) is 88.0 Å². The van der Waals surface area contributed by atoms with Crippen molar-refractivity contribution >= 4 is 18.1 Å². The molecule has 2 N–H and O–H groups in total. The highest BCUT2D eigenvalue weighted by atomic mass is 16.6. The normalized spacial score (nSPS) is 31.3. The van der Waals surface area contributed by atoms with Gasteiger partial charge in [0.05, 0.1) is 11.6 Å². The first kappa shape index (κ1) is 15.5. The number of hydrazone groups is 1. The molecule has 1 heterocycles. The number of benzene rings is 1. The van der Waals surface area contributed by atoms with E-state index in [2.05, 4.69) is 10.5 Å². The number of nitrogens with zero attached hydrogens (tertiary/aromatic N) is 1. The summed E-state index contributed by atoms with van der Waals surface area (Å²) in [7, 11) is 0. The van der Waals surface area contributed by atoms with Crippen LogP contribution in [0.1, 0.15) is 39.2 Å². The molecular formula is C17H20N2O4. The summed E-state index contributed by atoms with van der Waals surface area (Å²) in [5, 5.41) is 13.2.